The Morgan fingerprint density at radius 2 is 2.11 bits per heavy atom. The molecule has 0 aliphatic heterocycles. The number of aryl methyl sites for hydroxylation is 1. The van der Waals surface area contributed by atoms with Crippen LogP contribution in [0.15, 0.2) is 11.4 Å². The predicted octanol–water partition coefficient (Wildman–Crippen LogP) is 4.11. The van der Waals surface area contributed by atoms with Crippen molar-refractivity contribution in [1.29, 1.82) is 0 Å². The normalized spacial score (nSPS) is 10.7. The molecule has 0 unspecified atom stereocenters. The van der Waals surface area contributed by atoms with E-state index in [9.17, 15) is 4.79 Å². The number of nitrogen functional groups attached to an aromatic ring is 1. The quantitative estimate of drug-likeness (QED) is 0.864. The third kappa shape index (κ3) is 2.53. The average Bonchev–Trinajstić information content (AvgIpc) is 2.93. The molecule has 0 spiro atoms. The van der Waals surface area contributed by atoms with Crippen molar-refractivity contribution in [3.63, 3.8) is 0 Å². The molecular weight excluding hydrogens is 278 g/mol. The van der Waals surface area contributed by atoms with Crippen LogP contribution in [0.25, 0.3) is 9.75 Å². The van der Waals surface area contributed by atoms with Crippen LogP contribution in [0, 0.1) is 6.92 Å². The first-order valence-electron chi connectivity index (χ1n) is 6.22. The van der Waals surface area contributed by atoms with Gasteiger partial charge in [0.05, 0.1) is 17.2 Å². The number of carbonyl (C=O) groups is 1. The van der Waals surface area contributed by atoms with Crippen molar-refractivity contribution in [1.82, 2.24) is 0 Å². The van der Waals surface area contributed by atoms with Gasteiger partial charge in [0.1, 0.15) is 4.88 Å². The number of carbonyl (C=O) groups excluding carboxylic acids is 1. The van der Waals surface area contributed by atoms with Gasteiger partial charge in [-0.1, -0.05) is 6.92 Å². The Morgan fingerprint density at radius 1 is 1.37 bits per heavy atom. The van der Waals surface area contributed by atoms with Crippen molar-refractivity contribution in [3.8, 4) is 9.75 Å². The molecule has 0 aliphatic carbocycles. The van der Waals surface area contributed by atoms with Crippen LogP contribution in [0.3, 0.4) is 0 Å². The van der Waals surface area contributed by atoms with E-state index < -0.39 is 0 Å². The topological polar surface area (TPSA) is 52.3 Å². The van der Waals surface area contributed by atoms with E-state index in [1.54, 1.807) is 18.3 Å². The lowest BCUT2D eigenvalue weighted by Gasteiger charge is -2.01. The predicted molar refractivity (Wildman–Crippen MR) is 82.1 cm³/mol. The molecule has 2 N–H and O–H groups in total. The number of rotatable bonds is 4. The van der Waals surface area contributed by atoms with Crippen LogP contribution < -0.4 is 5.73 Å². The minimum Gasteiger partial charge on any atom is -0.462 e. The molecule has 0 fully saturated rings. The van der Waals surface area contributed by atoms with E-state index in [1.807, 2.05) is 0 Å². The summed E-state index contributed by atoms with van der Waals surface area (Å²) < 4.78 is 5.06. The summed E-state index contributed by atoms with van der Waals surface area (Å²) in [5.41, 5.74) is 8.97. The van der Waals surface area contributed by atoms with E-state index in [1.165, 1.54) is 21.8 Å². The molecule has 5 heteroatoms. The zero-order chi connectivity index (χ0) is 14.0. The lowest BCUT2D eigenvalue weighted by molar-refractivity contribution is 0.0533. The van der Waals surface area contributed by atoms with Gasteiger partial charge in [0.15, 0.2) is 0 Å². The van der Waals surface area contributed by atoms with Gasteiger partial charge in [0, 0.05) is 4.88 Å². The minimum absolute atomic E-state index is 0.319. The van der Waals surface area contributed by atoms with Crippen LogP contribution >= 0.6 is 22.7 Å². The van der Waals surface area contributed by atoms with E-state index in [0.29, 0.717) is 17.2 Å². The third-order valence-electron chi connectivity index (χ3n) is 2.93. The summed E-state index contributed by atoms with van der Waals surface area (Å²) in [5.74, 6) is -0.319. The monoisotopic (exact) mass is 295 g/mol. The molecule has 0 aliphatic rings. The maximum absolute atomic E-state index is 11.9. The molecule has 2 rings (SSSR count). The SMILES string of the molecule is CCOC(=O)c1sc(-c2sccc2C)c(CC)c1N. The van der Waals surface area contributed by atoms with Gasteiger partial charge in [-0.15, -0.1) is 22.7 Å². The molecule has 102 valence electrons. The van der Waals surface area contributed by atoms with Gasteiger partial charge in [0.2, 0.25) is 0 Å². The summed E-state index contributed by atoms with van der Waals surface area (Å²) in [5, 5.41) is 2.06. The molecule has 0 saturated carbocycles. The average molecular weight is 295 g/mol. The van der Waals surface area contributed by atoms with Crippen molar-refractivity contribution < 1.29 is 9.53 Å². The Balaban J connectivity index is 2.54. The van der Waals surface area contributed by atoms with Gasteiger partial charge < -0.3 is 10.5 Å². The van der Waals surface area contributed by atoms with Crippen LogP contribution in [-0.4, -0.2) is 12.6 Å². The fourth-order valence-corrected chi connectivity index (χ4v) is 4.34. The molecule has 3 nitrogen and oxygen atoms in total. The summed E-state index contributed by atoms with van der Waals surface area (Å²) >= 11 is 3.12. The fourth-order valence-electron chi connectivity index (χ4n) is 1.97. The molecular formula is C14H17NO2S2. The number of thiophene rings is 2. The first-order valence-corrected chi connectivity index (χ1v) is 7.92. The number of anilines is 1. The minimum atomic E-state index is -0.319. The molecule has 2 heterocycles. The Hall–Kier alpha value is -1.33. The molecule has 0 saturated heterocycles. The molecule has 0 bridgehead atoms. The van der Waals surface area contributed by atoms with Crippen molar-refractivity contribution >= 4 is 34.3 Å². The van der Waals surface area contributed by atoms with E-state index in [4.69, 9.17) is 10.5 Å². The van der Waals surface area contributed by atoms with Crippen LogP contribution in [0.1, 0.15) is 34.6 Å². The van der Waals surface area contributed by atoms with E-state index in [0.717, 1.165) is 16.9 Å². The fraction of sp³-hybridized carbons (Fsp3) is 0.357. The maximum Gasteiger partial charge on any atom is 0.350 e. The van der Waals surface area contributed by atoms with Gasteiger partial charge >= 0.3 is 5.97 Å². The van der Waals surface area contributed by atoms with E-state index in [2.05, 4.69) is 25.3 Å². The molecule has 0 atom stereocenters. The van der Waals surface area contributed by atoms with E-state index >= 15 is 0 Å². The van der Waals surface area contributed by atoms with Crippen molar-refractivity contribution in [2.75, 3.05) is 12.3 Å². The molecule has 2 aromatic heterocycles. The molecule has 2 aromatic rings. The van der Waals surface area contributed by atoms with Gasteiger partial charge in [-0.3, -0.25) is 0 Å². The number of hydrogen-bond donors (Lipinski definition) is 1. The number of esters is 1. The maximum atomic E-state index is 11.9. The van der Waals surface area contributed by atoms with Gasteiger partial charge in [-0.2, -0.15) is 0 Å². The highest BCUT2D eigenvalue weighted by atomic mass is 32.1. The second kappa shape index (κ2) is 5.75. The lowest BCUT2D eigenvalue weighted by atomic mass is 10.1. The molecule has 0 aromatic carbocycles. The second-order valence-corrected chi connectivity index (χ2v) is 6.10. The third-order valence-corrected chi connectivity index (χ3v) is 5.34. The number of ether oxygens (including phenoxy) is 1. The van der Waals surface area contributed by atoms with Crippen LogP contribution in [0.4, 0.5) is 5.69 Å². The molecule has 0 amide bonds. The van der Waals surface area contributed by atoms with Crippen molar-refractivity contribution in [2.45, 2.75) is 27.2 Å². The highest BCUT2D eigenvalue weighted by Crippen LogP contribution is 2.42. The Labute approximate surface area is 121 Å². The summed E-state index contributed by atoms with van der Waals surface area (Å²) in [6.07, 6.45) is 0.814. The number of hydrogen-bond acceptors (Lipinski definition) is 5. The second-order valence-electron chi connectivity index (χ2n) is 4.16. The zero-order valence-corrected chi connectivity index (χ0v) is 12.9. The summed E-state index contributed by atoms with van der Waals surface area (Å²) in [6, 6.07) is 2.08. The lowest BCUT2D eigenvalue weighted by Crippen LogP contribution is -2.05. The van der Waals surface area contributed by atoms with Crippen molar-refractivity contribution in [3.05, 3.63) is 27.5 Å². The highest BCUT2D eigenvalue weighted by Gasteiger charge is 2.22. The molecule has 0 radical (unpaired) electrons. The van der Waals surface area contributed by atoms with Crippen LogP contribution in [-0.2, 0) is 11.2 Å². The number of nitrogens with two attached hydrogens (primary N) is 1. The van der Waals surface area contributed by atoms with Crippen LogP contribution in [0.2, 0.25) is 0 Å². The Kier molecular flexibility index (Phi) is 4.27. The first kappa shape index (κ1) is 14.1. The Morgan fingerprint density at radius 3 is 2.63 bits per heavy atom. The molecule has 19 heavy (non-hydrogen) atoms. The van der Waals surface area contributed by atoms with Gasteiger partial charge in [-0.05, 0) is 42.8 Å². The highest BCUT2D eigenvalue weighted by molar-refractivity contribution is 7.23. The van der Waals surface area contributed by atoms with Crippen LogP contribution in [0.5, 0.6) is 0 Å². The largest absolute Gasteiger partial charge is 0.462 e. The Bertz CT molecular complexity index is 599. The summed E-state index contributed by atoms with van der Waals surface area (Å²) in [4.78, 5) is 14.7. The standard InChI is InChI=1S/C14H17NO2S2/c1-4-9-10(15)13(14(16)17-5-2)19-12(9)11-8(3)6-7-18-11/h6-7H,4-5,15H2,1-3H3. The zero-order valence-electron chi connectivity index (χ0n) is 11.3. The summed E-state index contributed by atoms with van der Waals surface area (Å²) in [6.45, 7) is 6.29. The smallest absolute Gasteiger partial charge is 0.350 e. The first-order chi connectivity index (χ1) is 9.10. The van der Waals surface area contributed by atoms with Crippen molar-refractivity contribution in [2.24, 2.45) is 0 Å². The van der Waals surface area contributed by atoms with Gasteiger partial charge in [0.25, 0.3) is 0 Å². The van der Waals surface area contributed by atoms with Gasteiger partial charge in [-0.25, -0.2) is 4.79 Å². The van der Waals surface area contributed by atoms with E-state index in [-0.39, 0.29) is 5.97 Å². The summed E-state index contributed by atoms with van der Waals surface area (Å²) in [7, 11) is 0.